The van der Waals surface area contributed by atoms with Crippen molar-refractivity contribution in [2.45, 2.75) is 6.54 Å². The number of methoxy groups -OCH3 is 1. The normalized spacial score (nSPS) is 12.8. The van der Waals surface area contributed by atoms with Crippen molar-refractivity contribution in [2.24, 2.45) is 0 Å². The zero-order valence-electron chi connectivity index (χ0n) is 10.9. The zero-order chi connectivity index (χ0) is 14.1. The Kier molecular flexibility index (Phi) is 2.95. The van der Waals surface area contributed by atoms with Gasteiger partial charge in [-0.15, -0.1) is 0 Å². The molecule has 0 radical (unpaired) electrons. The van der Waals surface area contributed by atoms with Crippen molar-refractivity contribution in [1.29, 1.82) is 0 Å². The van der Waals surface area contributed by atoms with Crippen molar-refractivity contribution in [3.05, 3.63) is 48.0 Å². The predicted molar refractivity (Wildman–Crippen MR) is 73.7 cm³/mol. The second kappa shape index (κ2) is 4.77. The second-order valence-corrected chi connectivity index (χ2v) is 4.41. The maximum absolute atomic E-state index is 11.5. The van der Waals surface area contributed by atoms with Crippen LogP contribution in [0.5, 0.6) is 17.2 Å². The lowest BCUT2D eigenvalue weighted by Crippen LogP contribution is -2.27. The summed E-state index contributed by atoms with van der Waals surface area (Å²) in [6.07, 6.45) is -1.03. The van der Waals surface area contributed by atoms with E-state index in [1.165, 1.54) is 4.90 Å². The van der Waals surface area contributed by atoms with Gasteiger partial charge in [0.1, 0.15) is 11.5 Å². The first-order chi connectivity index (χ1) is 9.69. The fourth-order valence-electron chi connectivity index (χ4n) is 2.20. The number of nitrogens with zero attached hydrogens (tertiary/aromatic N) is 1. The van der Waals surface area contributed by atoms with E-state index in [0.29, 0.717) is 22.9 Å². The molecule has 2 aromatic rings. The van der Waals surface area contributed by atoms with Crippen LogP contribution in [0.25, 0.3) is 0 Å². The Morgan fingerprint density at radius 2 is 2.05 bits per heavy atom. The molecule has 0 aliphatic carbocycles. The average molecular weight is 271 g/mol. The quantitative estimate of drug-likeness (QED) is 0.862. The van der Waals surface area contributed by atoms with Gasteiger partial charge in [-0.05, 0) is 18.2 Å². The SMILES string of the molecule is COc1ccc2c(c1)N(C(=O)O)Cc1ccccc1O2. The van der Waals surface area contributed by atoms with Gasteiger partial charge in [0, 0.05) is 11.6 Å². The number of rotatable bonds is 1. The summed E-state index contributed by atoms with van der Waals surface area (Å²) in [5.74, 6) is 1.75. The minimum Gasteiger partial charge on any atom is -0.497 e. The molecule has 0 unspecified atom stereocenters. The van der Waals surface area contributed by atoms with E-state index >= 15 is 0 Å². The molecule has 0 bridgehead atoms. The third-order valence-electron chi connectivity index (χ3n) is 3.21. The molecule has 2 aromatic carbocycles. The van der Waals surface area contributed by atoms with Crippen molar-refractivity contribution in [1.82, 2.24) is 0 Å². The number of amides is 1. The van der Waals surface area contributed by atoms with Crippen molar-refractivity contribution in [2.75, 3.05) is 12.0 Å². The summed E-state index contributed by atoms with van der Waals surface area (Å²) in [5, 5.41) is 9.43. The molecule has 1 heterocycles. The Morgan fingerprint density at radius 3 is 2.80 bits per heavy atom. The lowest BCUT2D eigenvalue weighted by molar-refractivity contribution is 0.201. The van der Waals surface area contributed by atoms with Gasteiger partial charge in [-0.2, -0.15) is 0 Å². The molecule has 5 heteroatoms. The highest BCUT2D eigenvalue weighted by Crippen LogP contribution is 2.40. The van der Waals surface area contributed by atoms with E-state index in [2.05, 4.69) is 0 Å². The molecule has 0 atom stereocenters. The lowest BCUT2D eigenvalue weighted by Gasteiger charge is -2.18. The third-order valence-corrected chi connectivity index (χ3v) is 3.21. The fourth-order valence-corrected chi connectivity index (χ4v) is 2.20. The van der Waals surface area contributed by atoms with E-state index in [9.17, 15) is 9.90 Å². The summed E-state index contributed by atoms with van der Waals surface area (Å²) in [7, 11) is 1.54. The number of ether oxygens (including phenoxy) is 2. The predicted octanol–water partition coefficient (Wildman–Crippen LogP) is 3.49. The smallest absolute Gasteiger partial charge is 0.412 e. The molecule has 0 aromatic heterocycles. The molecule has 1 amide bonds. The Balaban J connectivity index is 2.16. The minimum atomic E-state index is -1.03. The van der Waals surface area contributed by atoms with Crippen molar-refractivity contribution < 1.29 is 19.4 Å². The number of hydrogen-bond acceptors (Lipinski definition) is 3. The van der Waals surface area contributed by atoms with Gasteiger partial charge in [-0.25, -0.2) is 4.79 Å². The first-order valence-corrected chi connectivity index (χ1v) is 6.13. The van der Waals surface area contributed by atoms with E-state index < -0.39 is 6.09 Å². The standard InChI is InChI=1S/C15H13NO4/c1-19-11-6-7-14-12(8-11)16(15(17)18)9-10-4-2-3-5-13(10)20-14/h2-8H,9H2,1H3,(H,17,18). The van der Waals surface area contributed by atoms with Gasteiger partial charge in [-0.3, -0.25) is 4.90 Å². The highest BCUT2D eigenvalue weighted by Gasteiger charge is 2.25. The van der Waals surface area contributed by atoms with Crippen LogP contribution in [-0.2, 0) is 6.54 Å². The molecule has 0 saturated heterocycles. The number of para-hydroxylation sites is 1. The van der Waals surface area contributed by atoms with Crippen LogP contribution in [0.3, 0.4) is 0 Å². The summed E-state index contributed by atoms with van der Waals surface area (Å²) < 4.78 is 11.0. The van der Waals surface area contributed by atoms with Crippen LogP contribution < -0.4 is 14.4 Å². The van der Waals surface area contributed by atoms with Crippen LogP contribution >= 0.6 is 0 Å². The number of benzene rings is 2. The van der Waals surface area contributed by atoms with Crippen LogP contribution in [0.2, 0.25) is 0 Å². The van der Waals surface area contributed by atoms with Gasteiger partial charge >= 0.3 is 6.09 Å². The average Bonchev–Trinajstić information content (AvgIpc) is 2.62. The number of anilines is 1. The molecule has 0 spiro atoms. The Bertz CT molecular complexity index is 669. The molecule has 20 heavy (non-hydrogen) atoms. The summed E-state index contributed by atoms with van der Waals surface area (Å²) >= 11 is 0. The van der Waals surface area contributed by atoms with Gasteiger partial charge in [0.15, 0.2) is 5.75 Å². The van der Waals surface area contributed by atoms with Crippen LogP contribution in [0.4, 0.5) is 10.5 Å². The second-order valence-electron chi connectivity index (χ2n) is 4.41. The summed E-state index contributed by atoms with van der Waals surface area (Å²) in [6.45, 7) is 0.242. The molecule has 0 saturated carbocycles. The van der Waals surface area contributed by atoms with E-state index in [1.54, 1.807) is 25.3 Å². The third kappa shape index (κ3) is 2.03. The van der Waals surface area contributed by atoms with Crippen LogP contribution in [-0.4, -0.2) is 18.3 Å². The van der Waals surface area contributed by atoms with Crippen molar-refractivity contribution >= 4 is 11.8 Å². The van der Waals surface area contributed by atoms with Gasteiger partial charge in [-0.1, -0.05) is 18.2 Å². The number of carboxylic acid groups (broad SMARTS) is 1. The first kappa shape index (κ1) is 12.3. The fraction of sp³-hybridized carbons (Fsp3) is 0.133. The molecule has 1 N–H and O–H groups in total. The van der Waals surface area contributed by atoms with Gasteiger partial charge in [0.25, 0.3) is 0 Å². The highest BCUT2D eigenvalue weighted by molar-refractivity contribution is 5.89. The van der Waals surface area contributed by atoms with E-state index in [1.807, 2.05) is 24.3 Å². The molecule has 5 nitrogen and oxygen atoms in total. The van der Waals surface area contributed by atoms with Crippen molar-refractivity contribution in [3.8, 4) is 17.2 Å². The van der Waals surface area contributed by atoms with E-state index in [-0.39, 0.29) is 6.54 Å². The topological polar surface area (TPSA) is 59.0 Å². The zero-order valence-corrected chi connectivity index (χ0v) is 10.9. The highest BCUT2D eigenvalue weighted by atomic mass is 16.5. The summed E-state index contributed by atoms with van der Waals surface area (Å²) in [6, 6.07) is 12.5. The minimum absolute atomic E-state index is 0.242. The molecular formula is C15H13NO4. The largest absolute Gasteiger partial charge is 0.497 e. The van der Waals surface area contributed by atoms with Crippen molar-refractivity contribution in [3.63, 3.8) is 0 Å². The maximum atomic E-state index is 11.5. The van der Waals surface area contributed by atoms with Crippen LogP contribution in [0.15, 0.2) is 42.5 Å². The molecule has 1 aliphatic rings. The molecular weight excluding hydrogens is 258 g/mol. The van der Waals surface area contributed by atoms with Crippen LogP contribution in [0.1, 0.15) is 5.56 Å². The number of hydrogen-bond donors (Lipinski definition) is 1. The van der Waals surface area contributed by atoms with Crippen LogP contribution in [0, 0.1) is 0 Å². The molecule has 1 aliphatic heterocycles. The van der Waals surface area contributed by atoms with Gasteiger partial charge < -0.3 is 14.6 Å². The Morgan fingerprint density at radius 1 is 1.25 bits per heavy atom. The van der Waals surface area contributed by atoms with Gasteiger partial charge in [0.2, 0.25) is 0 Å². The summed E-state index contributed by atoms with van der Waals surface area (Å²) in [4.78, 5) is 12.8. The van der Waals surface area contributed by atoms with E-state index in [4.69, 9.17) is 9.47 Å². The number of carbonyl (C=O) groups is 1. The number of fused-ring (bicyclic) bond motifs is 2. The molecule has 102 valence electrons. The Labute approximate surface area is 116 Å². The Hall–Kier alpha value is -2.69. The van der Waals surface area contributed by atoms with Gasteiger partial charge in [0.05, 0.1) is 19.3 Å². The van der Waals surface area contributed by atoms with E-state index in [0.717, 1.165) is 5.56 Å². The molecule has 3 rings (SSSR count). The lowest BCUT2D eigenvalue weighted by atomic mass is 10.2. The summed E-state index contributed by atoms with van der Waals surface area (Å²) in [5.41, 5.74) is 1.30. The first-order valence-electron chi connectivity index (χ1n) is 6.13. The monoisotopic (exact) mass is 271 g/mol. The molecule has 0 fully saturated rings. The maximum Gasteiger partial charge on any atom is 0.412 e.